The zero-order valence-corrected chi connectivity index (χ0v) is 12.5. The van der Waals surface area contributed by atoms with E-state index in [-0.39, 0.29) is 5.91 Å². The Kier molecular flexibility index (Phi) is 2.97. The standard InChI is InChI=1S/C13H11N5OS2/c19-11(15-2-1-8-6-14-7-16-8)10-5-9-12(21-10)17-13-18(9)3-4-20-13/h3-7H,1-2H2,(H,14,16)(H,15,19). The minimum Gasteiger partial charge on any atom is -0.351 e. The molecule has 8 heteroatoms. The maximum atomic E-state index is 12.2. The van der Waals surface area contributed by atoms with E-state index in [0.717, 1.165) is 27.4 Å². The lowest BCUT2D eigenvalue weighted by Gasteiger charge is -2.01. The topological polar surface area (TPSA) is 75.1 Å². The van der Waals surface area contributed by atoms with Crippen molar-refractivity contribution in [2.24, 2.45) is 0 Å². The Morgan fingerprint density at radius 1 is 1.48 bits per heavy atom. The lowest BCUT2D eigenvalue weighted by Crippen LogP contribution is -2.24. The van der Waals surface area contributed by atoms with Crippen LogP contribution < -0.4 is 5.32 Å². The number of rotatable bonds is 4. The summed E-state index contributed by atoms with van der Waals surface area (Å²) in [5.74, 6) is -0.0542. The highest BCUT2D eigenvalue weighted by Crippen LogP contribution is 2.28. The maximum Gasteiger partial charge on any atom is 0.261 e. The molecule has 0 saturated heterocycles. The van der Waals surface area contributed by atoms with Crippen LogP contribution in [0.3, 0.4) is 0 Å². The number of hydrogen-bond donors (Lipinski definition) is 2. The summed E-state index contributed by atoms with van der Waals surface area (Å²) in [7, 11) is 0. The van der Waals surface area contributed by atoms with E-state index in [0.29, 0.717) is 11.4 Å². The van der Waals surface area contributed by atoms with E-state index in [1.54, 1.807) is 23.9 Å². The van der Waals surface area contributed by atoms with Crippen LogP contribution in [0.4, 0.5) is 0 Å². The molecule has 2 N–H and O–H groups in total. The first-order chi connectivity index (χ1) is 10.3. The van der Waals surface area contributed by atoms with Crippen molar-refractivity contribution in [2.45, 2.75) is 6.42 Å². The fourth-order valence-corrected chi connectivity index (χ4v) is 3.90. The van der Waals surface area contributed by atoms with Crippen LogP contribution in [-0.2, 0) is 6.42 Å². The second-order valence-corrected chi connectivity index (χ2v) is 6.45. The number of H-pyrrole nitrogens is 1. The first-order valence-corrected chi connectivity index (χ1v) is 8.11. The summed E-state index contributed by atoms with van der Waals surface area (Å²) in [6, 6.07) is 1.90. The molecule has 4 aromatic heterocycles. The van der Waals surface area contributed by atoms with Gasteiger partial charge < -0.3 is 10.3 Å². The quantitative estimate of drug-likeness (QED) is 0.606. The van der Waals surface area contributed by atoms with Gasteiger partial charge in [-0.1, -0.05) is 0 Å². The SMILES string of the molecule is O=C(NCCc1cnc[nH]1)c1cc2c(nc3sccn32)s1. The van der Waals surface area contributed by atoms with Crippen LogP contribution in [0.15, 0.2) is 30.2 Å². The van der Waals surface area contributed by atoms with Crippen LogP contribution in [0.1, 0.15) is 15.4 Å². The molecule has 1 amide bonds. The molecule has 0 aliphatic carbocycles. The van der Waals surface area contributed by atoms with E-state index in [1.807, 2.05) is 22.0 Å². The van der Waals surface area contributed by atoms with Crippen molar-refractivity contribution < 1.29 is 4.79 Å². The van der Waals surface area contributed by atoms with Gasteiger partial charge in [-0.3, -0.25) is 9.20 Å². The molecule has 4 aromatic rings. The second-order valence-electron chi connectivity index (χ2n) is 4.55. The molecule has 0 fully saturated rings. The third-order valence-corrected chi connectivity index (χ3v) is 4.97. The van der Waals surface area contributed by atoms with Gasteiger partial charge >= 0.3 is 0 Å². The Labute approximate surface area is 127 Å². The zero-order valence-electron chi connectivity index (χ0n) is 10.9. The molecule has 106 valence electrons. The number of aromatic nitrogens is 4. The number of nitrogens with zero attached hydrogens (tertiary/aromatic N) is 3. The monoisotopic (exact) mass is 317 g/mol. The first-order valence-electron chi connectivity index (χ1n) is 6.42. The van der Waals surface area contributed by atoms with Crippen LogP contribution in [-0.4, -0.2) is 31.8 Å². The van der Waals surface area contributed by atoms with E-state index in [4.69, 9.17) is 0 Å². The van der Waals surface area contributed by atoms with Crippen LogP contribution in [0.5, 0.6) is 0 Å². The van der Waals surface area contributed by atoms with Crippen molar-refractivity contribution in [3.63, 3.8) is 0 Å². The highest BCUT2D eigenvalue weighted by atomic mass is 32.1. The van der Waals surface area contributed by atoms with Crippen molar-refractivity contribution in [1.29, 1.82) is 0 Å². The van der Waals surface area contributed by atoms with Gasteiger partial charge in [-0.15, -0.1) is 22.7 Å². The average molecular weight is 317 g/mol. The molecule has 0 aromatic carbocycles. The fourth-order valence-electron chi connectivity index (χ4n) is 2.18. The largest absolute Gasteiger partial charge is 0.351 e. The number of hydrogen-bond acceptors (Lipinski definition) is 5. The molecule has 0 aliphatic rings. The zero-order chi connectivity index (χ0) is 14.2. The Balaban J connectivity index is 1.49. The molecule has 21 heavy (non-hydrogen) atoms. The predicted octanol–water partition coefficient (Wildman–Crippen LogP) is 2.31. The Bertz CT molecular complexity index is 902. The molecule has 0 spiro atoms. The Morgan fingerprint density at radius 3 is 3.29 bits per heavy atom. The smallest absolute Gasteiger partial charge is 0.261 e. The molecular weight excluding hydrogens is 306 g/mol. The summed E-state index contributed by atoms with van der Waals surface area (Å²) in [6.07, 6.45) is 6.12. The molecule has 4 rings (SSSR count). The molecule has 6 nitrogen and oxygen atoms in total. The predicted molar refractivity (Wildman–Crippen MR) is 83.1 cm³/mol. The van der Waals surface area contributed by atoms with Crippen molar-refractivity contribution in [3.05, 3.63) is 40.7 Å². The van der Waals surface area contributed by atoms with Gasteiger partial charge in [0.15, 0.2) is 4.96 Å². The molecule has 0 unspecified atom stereocenters. The Morgan fingerprint density at radius 2 is 2.43 bits per heavy atom. The molecule has 4 heterocycles. The van der Waals surface area contributed by atoms with Crippen molar-refractivity contribution in [1.82, 2.24) is 24.7 Å². The van der Waals surface area contributed by atoms with Gasteiger partial charge in [-0.25, -0.2) is 9.97 Å². The summed E-state index contributed by atoms with van der Waals surface area (Å²) in [6.45, 7) is 0.581. The normalized spacial score (nSPS) is 11.4. The van der Waals surface area contributed by atoms with E-state index in [2.05, 4.69) is 20.3 Å². The molecular formula is C13H11N5OS2. The van der Waals surface area contributed by atoms with Crippen LogP contribution in [0.2, 0.25) is 0 Å². The first kappa shape index (κ1) is 12.5. The van der Waals surface area contributed by atoms with Gasteiger partial charge in [0.2, 0.25) is 0 Å². The van der Waals surface area contributed by atoms with Gasteiger partial charge in [0.05, 0.1) is 16.7 Å². The van der Waals surface area contributed by atoms with Gasteiger partial charge in [0.1, 0.15) is 4.83 Å². The summed E-state index contributed by atoms with van der Waals surface area (Å²) in [4.78, 5) is 26.2. The number of thiazole rings is 1. The van der Waals surface area contributed by atoms with E-state index >= 15 is 0 Å². The van der Waals surface area contributed by atoms with Crippen LogP contribution in [0, 0.1) is 0 Å². The Hall–Kier alpha value is -2.19. The number of amides is 1. The van der Waals surface area contributed by atoms with Gasteiger partial charge in [0, 0.05) is 36.4 Å². The number of fused-ring (bicyclic) bond motifs is 3. The van der Waals surface area contributed by atoms with Gasteiger partial charge in [-0.05, 0) is 6.07 Å². The molecule has 0 bridgehead atoms. The summed E-state index contributed by atoms with van der Waals surface area (Å²) < 4.78 is 2.01. The van der Waals surface area contributed by atoms with E-state index in [1.165, 1.54) is 11.3 Å². The molecule has 0 atom stereocenters. The second kappa shape index (κ2) is 4.97. The third-order valence-electron chi connectivity index (χ3n) is 3.20. The van der Waals surface area contributed by atoms with Gasteiger partial charge in [-0.2, -0.15) is 0 Å². The number of carbonyl (C=O) groups is 1. The van der Waals surface area contributed by atoms with Gasteiger partial charge in [0.25, 0.3) is 5.91 Å². The minimum atomic E-state index is -0.0542. The average Bonchev–Trinajstić information content (AvgIpc) is 3.19. The van der Waals surface area contributed by atoms with Crippen LogP contribution in [0.25, 0.3) is 15.3 Å². The van der Waals surface area contributed by atoms with Crippen molar-refractivity contribution in [2.75, 3.05) is 6.54 Å². The fraction of sp³-hybridized carbons (Fsp3) is 0.154. The summed E-state index contributed by atoms with van der Waals surface area (Å²) in [5.41, 5.74) is 2.01. The molecule has 0 radical (unpaired) electrons. The lowest BCUT2D eigenvalue weighted by atomic mass is 10.3. The van der Waals surface area contributed by atoms with E-state index < -0.39 is 0 Å². The number of carbonyl (C=O) groups excluding carboxylic acids is 1. The van der Waals surface area contributed by atoms with Crippen molar-refractivity contribution in [3.8, 4) is 0 Å². The lowest BCUT2D eigenvalue weighted by molar-refractivity contribution is 0.0958. The molecule has 0 saturated carbocycles. The summed E-state index contributed by atoms with van der Waals surface area (Å²) >= 11 is 3.02. The summed E-state index contributed by atoms with van der Waals surface area (Å²) in [5, 5.41) is 4.91. The highest BCUT2D eigenvalue weighted by molar-refractivity contribution is 7.21. The number of aromatic amines is 1. The van der Waals surface area contributed by atoms with E-state index in [9.17, 15) is 4.79 Å². The maximum absolute atomic E-state index is 12.2. The van der Waals surface area contributed by atoms with Crippen LogP contribution >= 0.6 is 22.7 Å². The third kappa shape index (κ3) is 2.22. The highest BCUT2D eigenvalue weighted by Gasteiger charge is 2.14. The number of imidazole rings is 2. The van der Waals surface area contributed by atoms with Crippen molar-refractivity contribution >= 4 is 43.9 Å². The number of thiophene rings is 1. The minimum absolute atomic E-state index is 0.0542. The molecule has 0 aliphatic heterocycles. The number of nitrogens with one attached hydrogen (secondary N) is 2.